The molecular formula is C15H23N5O. The Morgan fingerprint density at radius 3 is 2.71 bits per heavy atom. The molecule has 6 heteroatoms. The van der Waals surface area contributed by atoms with Crippen LogP contribution >= 0.6 is 0 Å². The lowest BCUT2D eigenvalue weighted by atomic mass is 10.0. The van der Waals surface area contributed by atoms with Gasteiger partial charge in [0.25, 0.3) is 0 Å². The highest BCUT2D eigenvalue weighted by Crippen LogP contribution is 2.34. The maximum absolute atomic E-state index is 6.02. The second kappa shape index (κ2) is 6.56. The van der Waals surface area contributed by atoms with Crippen molar-refractivity contribution in [3.63, 3.8) is 0 Å². The van der Waals surface area contributed by atoms with Gasteiger partial charge in [0.05, 0.1) is 23.9 Å². The van der Waals surface area contributed by atoms with Crippen molar-refractivity contribution in [2.45, 2.75) is 40.2 Å². The van der Waals surface area contributed by atoms with Gasteiger partial charge in [-0.3, -0.25) is 0 Å². The van der Waals surface area contributed by atoms with Crippen molar-refractivity contribution in [2.24, 2.45) is 5.92 Å². The normalized spacial score (nSPS) is 12.6. The number of aromatic nitrogens is 4. The predicted octanol–water partition coefficient (Wildman–Crippen LogP) is 2.93. The lowest BCUT2D eigenvalue weighted by Gasteiger charge is -2.17. The first kappa shape index (κ1) is 15.3. The van der Waals surface area contributed by atoms with Crippen molar-refractivity contribution in [2.75, 3.05) is 12.3 Å². The monoisotopic (exact) mass is 289 g/mol. The molecule has 6 nitrogen and oxygen atoms in total. The molecule has 1 aromatic heterocycles. The average Bonchev–Trinajstić information content (AvgIpc) is 2.89. The summed E-state index contributed by atoms with van der Waals surface area (Å²) in [6, 6.07) is 5.86. The van der Waals surface area contributed by atoms with E-state index in [1.807, 2.05) is 29.8 Å². The Hall–Kier alpha value is -2.11. The maximum Gasteiger partial charge on any atom is 0.186 e. The number of tetrazole rings is 1. The molecule has 0 saturated carbocycles. The molecule has 0 bridgehead atoms. The fraction of sp³-hybridized carbons (Fsp3) is 0.533. The maximum atomic E-state index is 6.02. The molecule has 0 spiro atoms. The number of anilines is 1. The van der Waals surface area contributed by atoms with Crippen LogP contribution in [0.3, 0.4) is 0 Å². The summed E-state index contributed by atoms with van der Waals surface area (Å²) < 4.78 is 7.52. The lowest BCUT2D eigenvalue weighted by Crippen LogP contribution is -2.12. The second-order valence-corrected chi connectivity index (χ2v) is 5.58. The van der Waals surface area contributed by atoms with Crippen LogP contribution in [-0.4, -0.2) is 26.8 Å². The van der Waals surface area contributed by atoms with E-state index in [-0.39, 0.29) is 6.04 Å². The summed E-state index contributed by atoms with van der Waals surface area (Å²) in [7, 11) is 0. The van der Waals surface area contributed by atoms with Crippen LogP contribution < -0.4 is 10.5 Å². The van der Waals surface area contributed by atoms with Crippen LogP contribution in [0.15, 0.2) is 18.2 Å². The van der Waals surface area contributed by atoms with E-state index >= 15 is 0 Å². The molecule has 0 saturated heterocycles. The quantitative estimate of drug-likeness (QED) is 0.827. The molecule has 114 valence electrons. The molecule has 2 rings (SSSR count). The first-order valence-corrected chi connectivity index (χ1v) is 7.34. The number of benzene rings is 1. The molecule has 0 aliphatic carbocycles. The van der Waals surface area contributed by atoms with Gasteiger partial charge in [0.15, 0.2) is 11.6 Å². The summed E-state index contributed by atoms with van der Waals surface area (Å²) in [6.07, 6.45) is 1.00. The van der Waals surface area contributed by atoms with Crippen LogP contribution in [-0.2, 0) is 0 Å². The van der Waals surface area contributed by atoms with Crippen molar-refractivity contribution in [3.8, 4) is 17.1 Å². The number of nitrogens with two attached hydrogens (primary N) is 1. The molecule has 0 fully saturated rings. The van der Waals surface area contributed by atoms with Gasteiger partial charge in [0.1, 0.15) is 0 Å². The Kier molecular flexibility index (Phi) is 4.77. The van der Waals surface area contributed by atoms with Crippen molar-refractivity contribution < 1.29 is 4.74 Å². The molecule has 0 amide bonds. The molecule has 2 N–H and O–H groups in total. The van der Waals surface area contributed by atoms with Gasteiger partial charge in [-0.25, -0.2) is 4.68 Å². The van der Waals surface area contributed by atoms with Crippen molar-refractivity contribution in [3.05, 3.63) is 18.2 Å². The summed E-state index contributed by atoms with van der Waals surface area (Å²) in [6.45, 7) is 8.97. The van der Waals surface area contributed by atoms with E-state index in [1.165, 1.54) is 0 Å². The third-order valence-corrected chi connectivity index (χ3v) is 3.30. The van der Waals surface area contributed by atoms with E-state index < -0.39 is 0 Å². The molecule has 21 heavy (non-hydrogen) atoms. The summed E-state index contributed by atoms with van der Waals surface area (Å²) in [5.74, 6) is 1.91. The number of hydrogen-bond donors (Lipinski definition) is 1. The number of hydrogen-bond acceptors (Lipinski definition) is 5. The summed E-state index contributed by atoms with van der Waals surface area (Å²) >= 11 is 0. The fourth-order valence-electron chi connectivity index (χ4n) is 2.49. The Balaban J connectivity index is 2.44. The van der Waals surface area contributed by atoms with E-state index in [0.717, 1.165) is 12.0 Å². The highest BCUT2D eigenvalue weighted by atomic mass is 16.5. The van der Waals surface area contributed by atoms with E-state index in [9.17, 15) is 0 Å². The SMILES string of the molecule is CCOc1c(N)cccc1-c1nnnn1C(C)CC(C)C. The highest BCUT2D eigenvalue weighted by Gasteiger charge is 2.19. The largest absolute Gasteiger partial charge is 0.491 e. The molecule has 0 radical (unpaired) electrons. The Morgan fingerprint density at radius 1 is 1.29 bits per heavy atom. The van der Waals surface area contributed by atoms with Crippen molar-refractivity contribution in [1.29, 1.82) is 0 Å². The number of para-hydroxylation sites is 1. The molecule has 1 heterocycles. The zero-order valence-electron chi connectivity index (χ0n) is 13.1. The minimum Gasteiger partial charge on any atom is -0.491 e. The third kappa shape index (κ3) is 3.32. The highest BCUT2D eigenvalue weighted by molar-refractivity contribution is 5.73. The summed E-state index contributed by atoms with van der Waals surface area (Å²) in [4.78, 5) is 0. The Labute approximate surface area is 125 Å². The average molecular weight is 289 g/mol. The molecule has 0 aliphatic heterocycles. The fourth-order valence-corrected chi connectivity index (χ4v) is 2.49. The van der Waals surface area contributed by atoms with Gasteiger partial charge >= 0.3 is 0 Å². The lowest BCUT2D eigenvalue weighted by molar-refractivity contribution is 0.342. The van der Waals surface area contributed by atoms with Crippen LogP contribution in [0.5, 0.6) is 5.75 Å². The van der Waals surface area contributed by atoms with Crippen molar-refractivity contribution in [1.82, 2.24) is 20.2 Å². The molecule has 1 aromatic carbocycles. The Bertz CT molecular complexity index is 593. The van der Waals surface area contributed by atoms with Gasteiger partial charge in [0, 0.05) is 0 Å². The van der Waals surface area contributed by atoms with Gasteiger partial charge in [0.2, 0.25) is 0 Å². The van der Waals surface area contributed by atoms with Crippen LogP contribution in [0, 0.1) is 5.92 Å². The number of ether oxygens (including phenoxy) is 1. The van der Waals surface area contributed by atoms with Gasteiger partial charge in [-0.05, 0) is 48.7 Å². The minimum atomic E-state index is 0.214. The van der Waals surface area contributed by atoms with Gasteiger partial charge in [-0.15, -0.1) is 5.10 Å². The predicted molar refractivity (Wildman–Crippen MR) is 83.0 cm³/mol. The molecule has 2 aromatic rings. The molecule has 1 unspecified atom stereocenters. The van der Waals surface area contributed by atoms with E-state index in [0.29, 0.717) is 29.8 Å². The van der Waals surface area contributed by atoms with Crippen molar-refractivity contribution >= 4 is 5.69 Å². The topological polar surface area (TPSA) is 78.8 Å². The molecule has 1 atom stereocenters. The molecule has 0 aliphatic rings. The van der Waals surface area contributed by atoms with Crippen LogP contribution in [0.2, 0.25) is 0 Å². The van der Waals surface area contributed by atoms with Crippen LogP contribution in [0.4, 0.5) is 5.69 Å². The van der Waals surface area contributed by atoms with E-state index in [4.69, 9.17) is 10.5 Å². The first-order valence-electron chi connectivity index (χ1n) is 7.34. The van der Waals surface area contributed by atoms with Gasteiger partial charge in [-0.1, -0.05) is 19.9 Å². The Morgan fingerprint density at radius 2 is 2.05 bits per heavy atom. The third-order valence-electron chi connectivity index (χ3n) is 3.30. The number of rotatable bonds is 6. The number of nitrogen functional groups attached to an aromatic ring is 1. The van der Waals surface area contributed by atoms with Crippen LogP contribution in [0.25, 0.3) is 11.4 Å². The first-order chi connectivity index (χ1) is 10.0. The van der Waals surface area contributed by atoms with Gasteiger partial charge < -0.3 is 10.5 Å². The second-order valence-electron chi connectivity index (χ2n) is 5.58. The number of nitrogens with zero attached hydrogens (tertiary/aromatic N) is 4. The minimum absolute atomic E-state index is 0.214. The standard InChI is InChI=1S/C15H23N5O/c1-5-21-14-12(7-6-8-13(14)16)15-17-18-19-20(15)11(4)9-10(2)3/h6-8,10-11H,5,9,16H2,1-4H3. The zero-order valence-corrected chi connectivity index (χ0v) is 13.1. The van der Waals surface area contributed by atoms with E-state index in [1.54, 1.807) is 0 Å². The molecular weight excluding hydrogens is 266 g/mol. The van der Waals surface area contributed by atoms with Gasteiger partial charge in [-0.2, -0.15) is 0 Å². The summed E-state index contributed by atoms with van der Waals surface area (Å²) in [5.41, 5.74) is 7.45. The summed E-state index contributed by atoms with van der Waals surface area (Å²) in [5, 5.41) is 12.1. The van der Waals surface area contributed by atoms with Crippen LogP contribution in [0.1, 0.15) is 40.2 Å². The smallest absolute Gasteiger partial charge is 0.186 e. The zero-order chi connectivity index (χ0) is 15.4. The van der Waals surface area contributed by atoms with E-state index in [2.05, 4.69) is 36.3 Å².